The highest BCUT2D eigenvalue weighted by Gasteiger charge is 2.27. The van der Waals surface area contributed by atoms with Crippen LogP contribution in [0.4, 0.5) is 0 Å². The van der Waals surface area contributed by atoms with Gasteiger partial charge in [0, 0.05) is 19.0 Å². The van der Waals surface area contributed by atoms with Gasteiger partial charge < -0.3 is 15.0 Å². The van der Waals surface area contributed by atoms with Crippen molar-refractivity contribution in [3.05, 3.63) is 51.7 Å². The Bertz CT molecular complexity index is 826. The molecule has 0 radical (unpaired) electrons. The summed E-state index contributed by atoms with van der Waals surface area (Å²) in [7, 11) is 0. The highest BCUT2D eigenvalue weighted by molar-refractivity contribution is 7.12. The molecule has 1 fully saturated rings. The number of nitrogens with one attached hydrogen (secondary N) is 1. The number of fused-ring (bicyclic) bond motifs is 1. The van der Waals surface area contributed by atoms with Gasteiger partial charge in [0.1, 0.15) is 12.4 Å². The van der Waals surface area contributed by atoms with Gasteiger partial charge in [-0.05, 0) is 66.8 Å². The standard InChI is InChI=1S/C22H26N2O3S/c25-21(17-8-11-24(12-9-17)22(26)20-5-2-14-28-20)23-10-13-27-19-7-6-16-3-1-4-18(16)15-19/h2,5-7,14-15,17H,1,3-4,8-13H2,(H,23,25). The van der Waals surface area contributed by atoms with Crippen molar-refractivity contribution in [2.75, 3.05) is 26.2 Å². The SMILES string of the molecule is O=C(NCCOc1ccc2c(c1)CCC2)C1CCN(C(=O)c2cccs2)CC1. The zero-order chi connectivity index (χ0) is 19.3. The summed E-state index contributed by atoms with van der Waals surface area (Å²) >= 11 is 1.47. The summed E-state index contributed by atoms with van der Waals surface area (Å²) in [4.78, 5) is 27.4. The second-order valence-electron chi connectivity index (χ2n) is 7.47. The lowest BCUT2D eigenvalue weighted by atomic mass is 9.96. The van der Waals surface area contributed by atoms with Crippen molar-refractivity contribution in [1.82, 2.24) is 10.2 Å². The number of piperidine rings is 1. The van der Waals surface area contributed by atoms with Crippen molar-refractivity contribution in [3.8, 4) is 5.75 Å². The van der Waals surface area contributed by atoms with Gasteiger partial charge in [-0.1, -0.05) is 12.1 Å². The fourth-order valence-corrected chi connectivity index (χ4v) is 4.72. The Morgan fingerprint density at radius 3 is 2.75 bits per heavy atom. The Morgan fingerprint density at radius 1 is 1.14 bits per heavy atom. The summed E-state index contributed by atoms with van der Waals surface area (Å²) in [6.45, 7) is 2.26. The summed E-state index contributed by atoms with van der Waals surface area (Å²) in [5.41, 5.74) is 2.83. The van der Waals surface area contributed by atoms with E-state index in [2.05, 4.69) is 17.4 Å². The number of amides is 2. The number of likely N-dealkylation sites (tertiary alicyclic amines) is 1. The van der Waals surface area contributed by atoms with Gasteiger partial charge in [-0.2, -0.15) is 0 Å². The number of hydrogen-bond acceptors (Lipinski definition) is 4. The van der Waals surface area contributed by atoms with Crippen LogP contribution in [0.5, 0.6) is 5.75 Å². The van der Waals surface area contributed by atoms with Gasteiger partial charge in [0.15, 0.2) is 0 Å². The van der Waals surface area contributed by atoms with Gasteiger partial charge in [-0.25, -0.2) is 0 Å². The Kier molecular flexibility index (Phi) is 5.95. The predicted octanol–water partition coefficient (Wildman–Crippen LogP) is 3.28. The minimum atomic E-state index is -0.0209. The molecule has 2 aliphatic rings. The number of aryl methyl sites for hydroxylation is 2. The van der Waals surface area contributed by atoms with Crippen LogP contribution in [-0.2, 0) is 17.6 Å². The summed E-state index contributed by atoms with van der Waals surface area (Å²) in [5, 5.41) is 4.90. The second-order valence-corrected chi connectivity index (χ2v) is 8.42. The first-order chi connectivity index (χ1) is 13.7. The quantitative estimate of drug-likeness (QED) is 0.760. The Hall–Kier alpha value is -2.34. The van der Waals surface area contributed by atoms with Gasteiger partial charge in [-0.15, -0.1) is 11.3 Å². The number of carbonyl (C=O) groups is 2. The van der Waals surface area contributed by atoms with Crippen molar-refractivity contribution >= 4 is 23.2 Å². The number of nitrogens with zero attached hydrogens (tertiary/aromatic N) is 1. The van der Waals surface area contributed by atoms with Gasteiger partial charge in [0.05, 0.1) is 11.4 Å². The van der Waals surface area contributed by atoms with Crippen LogP contribution in [0.15, 0.2) is 35.7 Å². The van der Waals surface area contributed by atoms with Crippen molar-refractivity contribution < 1.29 is 14.3 Å². The van der Waals surface area contributed by atoms with Crippen LogP contribution in [0.3, 0.4) is 0 Å². The van der Waals surface area contributed by atoms with Crippen molar-refractivity contribution in [2.24, 2.45) is 5.92 Å². The van der Waals surface area contributed by atoms with E-state index in [1.807, 2.05) is 28.5 Å². The zero-order valence-corrected chi connectivity index (χ0v) is 16.8. The predicted molar refractivity (Wildman–Crippen MR) is 110 cm³/mol. The summed E-state index contributed by atoms with van der Waals surface area (Å²) < 4.78 is 5.79. The van der Waals surface area contributed by atoms with E-state index in [0.29, 0.717) is 39.1 Å². The van der Waals surface area contributed by atoms with E-state index in [4.69, 9.17) is 4.74 Å². The Balaban J connectivity index is 1.16. The molecule has 5 nitrogen and oxygen atoms in total. The molecule has 1 saturated heterocycles. The van der Waals surface area contributed by atoms with Crippen LogP contribution in [0.1, 0.15) is 40.1 Å². The molecule has 0 unspecified atom stereocenters. The average Bonchev–Trinajstić information content (AvgIpc) is 3.42. The lowest BCUT2D eigenvalue weighted by Gasteiger charge is -2.31. The van der Waals surface area contributed by atoms with Crippen LogP contribution in [0.25, 0.3) is 0 Å². The monoisotopic (exact) mass is 398 g/mol. The van der Waals surface area contributed by atoms with E-state index in [1.54, 1.807) is 0 Å². The van der Waals surface area contributed by atoms with Crippen molar-refractivity contribution in [2.45, 2.75) is 32.1 Å². The van der Waals surface area contributed by atoms with Gasteiger partial charge in [0.25, 0.3) is 5.91 Å². The summed E-state index contributed by atoms with van der Waals surface area (Å²) in [6.07, 6.45) is 4.97. The van der Waals surface area contributed by atoms with Crippen LogP contribution < -0.4 is 10.1 Å². The van der Waals surface area contributed by atoms with Crippen molar-refractivity contribution in [3.63, 3.8) is 0 Å². The minimum absolute atomic E-state index is 0.0209. The lowest BCUT2D eigenvalue weighted by molar-refractivity contribution is -0.126. The Labute approximate surface area is 169 Å². The van der Waals surface area contributed by atoms with Gasteiger partial charge >= 0.3 is 0 Å². The molecule has 1 aromatic heterocycles. The van der Waals surface area contributed by atoms with E-state index >= 15 is 0 Å². The number of hydrogen-bond donors (Lipinski definition) is 1. The van der Waals surface area contributed by atoms with E-state index < -0.39 is 0 Å². The fraction of sp³-hybridized carbons (Fsp3) is 0.455. The van der Waals surface area contributed by atoms with Crippen LogP contribution in [0.2, 0.25) is 0 Å². The van der Waals surface area contributed by atoms with Gasteiger partial charge in [-0.3, -0.25) is 9.59 Å². The molecule has 28 heavy (non-hydrogen) atoms. The van der Waals surface area contributed by atoms with E-state index in [0.717, 1.165) is 17.0 Å². The topological polar surface area (TPSA) is 58.6 Å². The highest BCUT2D eigenvalue weighted by atomic mass is 32.1. The molecule has 2 aromatic rings. The fourth-order valence-electron chi connectivity index (χ4n) is 4.03. The van der Waals surface area contributed by atoms with Gasteiger partial charge in [0.2, 0.25) is 5.91 Å². The molecule has 0 saturated carbocycles. The molecule has 1 N–H and O–H groups in total. The molecular formula is C22H26N2O3S. The van der Waals surface area contributed by atoms with E-state index in [1.165, 1.54) is 35.3 Å². The first-order valence-corrected chi connectivity index (χ1v) is 10.9. The second kappa shape index (κ2) is 8.78. The van der Waals surface area contributed by atoms with E-state index in [9.17, 15) is 9.59 Å². The molecule has 1 aromatic carbocycles. The smallest absolute Gasteiger partial charge is 0.263 e. The van der Waals surface area contributed by atoms with Crippen LogP contribution >= 0.6 is 11.3 Å². The number of ether oxygens (including phenoxy) is 1. The third-order valence-corrected chi connectivity index (χ3v) is 6.48. The highest BCUT2D eigenvalue weighted by Crippen LogP contribution is 2.26. The maximum Gasteiger partial charge on any atom is 0.263 e. The molecule has 6 heteroatoms. The number of rotatable bonds is 6. The molecule has 2 amide bonds. The molecule has 0 spiro atoms. The summed E-state index contributed by atoms with van der Waals surface area (Å²) in [5.74, 6) is 1.01. The minimum Gasteiger partial charge on any atom is -0.492 e. The molecule has 0 atom stereocenters. The zero-order valence-electron chi connectivity index (χ0n) is 16.0. The van der Waals surface area contributed by atoms with Crippen molar-refractivity contribution in [1.29, 1.82) is 0 Å². The average molecular weight is 399 g/mol. The number of thiophene rings is 1. The maximum atomic E-state index is 12.4. The normalized spacial score (nSPS) is 16.6. The molecular weight excluding hydrogens is 372 g/mol. The van der Waals surface area contributed by atoms with E-state index in [-0.39, 0.29) is 17.7 Å². The number of benzene rings is 1. The lowest BCUT2D eigenvalue weighted by Crippen LogP contribution is -2.43. The number of carbonyl (C=O) groups excluding carboxylic acids is 2. The molecule has 1 aliphatic carbocycles. The van der Waals surface area contributed by atoms with Crippen LogP contribution in [0, 0.1) is 5.92 Å². The first kappa shape index (κ1) is 19.0. The first-order valence-electron chi connectivity index (χ1n) is 10.1. The van der Waals surface area contributed by atoms with Crippen LogP contribution in [-0.4, -0.2) is 43.0 Å². The molecule has 1 aliphatic heterocycles. The molecule has 0 bridgehead atoms. The third kappa shape index (κ3) is 4.38. The third-order valence-electron chi connectivity index (χ3n) is 5.62. The maximum absolute atomic E-state index is 12.4. The molecule has 148 valence electrons. The Morgan fingerprint density at radius 2 is 1.96 bits per heavy atom. The largest absolute Gasteiger partial charge is 0.492 e. The molecule has 4 rings (SSSR count). The summed E-state index contributed by atoms with van der Waals surface area (Å²) in [6, 6.07) is 10.0. The molecule has 2 heterocycles.